The second-order valence-corrected chi connectivity index (χ2v) is 11.3. The van der Waals surface area contributed by atoms with Crippen LogP contribution in [-0.2, 0) is 25.6 Å². The summed E-state index contributed by atoms with van der Waals surface area (Å²) in [4.78, 5) is 28.0. The van der Waals surface area contributed by atoms with Gasteiger partial charge in [-0.3, -0.25) is 14.5 Å². The summed E-state index contributed by atoms with van der Waals surface area (Å²) >= 11 is 10.4. The molecule has 0 unspecified atom stereocenters. The van der Waals surface area contributed by atoms with E-state index in [1.54, 1.807) is 4.90 Å². The zero-order valence-electron chi connectivity index (χ0n) is 18.6. The van der Waals surface area contributed by atoms with Gasteiger partial charge in [0.2, 0.25) is 5.91 Å². The van der Waals surface area contributed by atoms with Crippen LogP contribution in [0.5, 0.6) is 0 Å². The molecule has 4 heterocycles. The van der Waals surface area contributed by atoms with Crippen molar-refractivity contribution in [1.82, 2.24) is 14.8 Å². The van der Waals surface area contributed by atoms with Gasteiger partial charge in [0.05, 0.1) is 23.7 Å². The Labute approximate surface area is 216 Å². The van der Waals surface area contributed by atoms with E-state index in [9.17, 15) is 9.59 Å². The number of carbonyl (C=O) groups is 2. The Morgan fingerprint density at radius 1 is 1.24 bits per heavy atom. The molecule has 1 N–H and O–H groups in total. The summed E-state index contributed by atoms with van der Waals surface area (Å²) < 4.78 is 14.7. The molecule has 10 heteroatoms. The zero-order valence-corrected chi connectivity index (χ0v) is 21.8. The second kappa shape index (κ2) is 10.5. The van der Waals surface area contributed by atoms with Crippen molar-refractivity contribution < 1.29 is 19.1 Å². The van der Waals surface area contributed by atoms with Crippen LogP contribution < -0.4 is 5.32 Å². The van der Waals surface area contributed by atoms with Gasteiger partial charge in [0.1, 0.15) is 10.9 Å². The molecule has 180 valence electrons. The van der Waals surface area contributed by atoms with Crippen LogP contribution >= 0.6 is 39.9 Å². The summed E-state index contributed by atoms with van der Waals surface area (Å²) in [5, 5.41) is 3.94. The lowest BCUT2D eigenvalue weighted by atomic mass is 10.1. The molecule has 7 nitrogen and oxygen atoms in total. The molecule has 2 atom stereocenters. The van der Waals surface area contributed by atoms with Gasteiger partial charge in [-0.15, -0.1) is 0 Å². The van der Waals surface area contributed by atoms with Gasteiger partial charge in [-0.25, -0.2) is 0 Å². The lowest BCUT2D eigenvalue weighted by Crippen LogP contribution is -2.35. The maximum Gasteiger partial charge on any atom is 0.266 e. The van der Waals surface area contributed by atoms with Gasteiger partial charge in [-0.1, -0.05) is 39.9 Å². The first-order valence-corrected chi connectivity index (χ1v) is 13.5. The van der Waals surface area contributed by atoms with Crippen molar-refractivity contribution in [2.75, 3.05) is 26.3 Å². The Hall–Kier alpha value is -1.72. The maximum absolute atomic E-state index is 13.1. The number of aromatic nitrogens is 1. The van der Waals surface area contributed by atoms with E-state index in [1.807, 2.05) is 35.0 Å². The molecule has 0 saturated carbocycles. The molecule has 34 heavy (non-hydrogen) atoms. The number of benzene rings is 1. The van der Waals surface area contributed by atoms with Crippen LogP contribution in [0.25, 0.3) is 17.0 Å². The van der Waals surface area contributed by atoms with Crippen molar-refractivity contribution in [3.63, 3.8) is 0 Å². The molecule has 3 fully saturated rings. The number of fused-ring (bicyclic) bond motifs is 1. The van der Waals surface area contributed by atoms with Crippen LogP contribution in [0.15, 0.2) is 33.8 Å². The van der Waals surface area contributed by atoms with E-state index in [-0.39, 0.29) is 30.6 Å². The third kappa shape index (κ3) is 5.26. The van der Waals surface area contributed by atoms with Gasteiger partial charge < -0.3 is 19.4 Å². The summed E-state index contributed by atoms with van der Waals surface area (Å²) in [6.07, 6.45) is 7.95. The first-order chi connectivity index (χ1) is 16.5. The van der Waals surface area contributed by atoms with Crippen molar-refractivity contribution in [2.24, 2.45) is 0 Å². The first kappa shape index (κ1) is 24.0. The highest BCUT2D eigenvalue weighted by Gasteiger charge is 2.34. The number of nitrogens with one attached hydrogen (secondary N) is 1. The SMILES string of the molecule is O=C(Cn1cc(/C=C2\SC(=S)N(C[C@@H]3CCCO3)C2=O)c2cc(Br)ccc21)NC[C@H]1CCCO1. The largest absolute Gasteiger partial charge is 0.376 e. The van der Waals surface area contributed by atoms with Crippen molar-refractivity contribution in [3.8, 4) is 0 Å². The van der Waals surface area contributed by atoms with Gasteiger partial charge >= 0.3 is 0 Å². The van der Waals surface area contributed by atoms with Crippen molar-refractivity contribution in [1.29, 1.82) is 0 Å². The van der Waals surface area contributed by atoms with E-state index in [4.69, 9.17) is 21.7 Å². The normalized spacial score (nSPS) is 24.1. The van der Waals surface area contributed by atoms with E-state index < -0.39 is 0 Å². The highest BCUT2D eigenvalue weighted by molar-refractivity contribution is 9.10. The van der Waals surface area contributed by atoms with Crippen LogP contribution in [0.4, 0.5) is 0 Å². The van der Waals surface area contributed by atoms with Gasteiger partial charge in [-0.2, -0.15) is 0 Å². The number of hydrogen-bond donors (Lipinski definition) is 1. The van der Waals surface area contributed by atoms with Crippen LogP contribution in [0.3, 0.4) is 0 Å². The smallest absolute Gasteiger partial charge is 0.266 e. The van der Waals surface area contributed by atoms with E-state index in [1.165, 1.54) is 11.8 Å². The molecule has 2 aromatic rings. The predicted molar refractivity (Wildman–Crippen MR) is 140 cm³/mol. The number of halogens is 1. The van der Waals surface area contributed by atoms with E-state index in [2.05, 4.69) is 21.2 Å². The van der Waals surface area contributed by atoms with Crippen LogP contribution in [-0.4, -0.2) is 64.1 Å². The number of hydrogen-bond acceptors (Lipinski definition) is 6. The van der Waals surface area contributed by atoms with Gasteiger partial charge in [0.25, 0.3) is 5.91 Å². The maximum atomic E-state index is 13.1. The number of thiocarbonyl (C=S) groups is 1. The molecule has 3 saturated heterocycles. The minimum atomic E-state index is -0.0873. The molecule has 0 bridgehead atoms. The number of thioether (sulfide) groups is 1. The van der Waals surface area contributed by atoms with Gasteiger partial charge in [0.15, 0.2) is 0 Å². The van der Waals surface area contributed by atoms with Crippen molar-refractivity contribution in [2.45, 2.75) is 44.4 Å². The number of nitrogens with zero attached hydrogens (tertiary/aromatic N) is 2. The quantitative estimate of drug-likeness (QED) is 0.404. The molecule has 0 aliphatic carbocycles. The van der Waals surface area contributed by atoms with Crippen LogP contribution in [0, 0.1) is 0 Å². The van der Waals surface area contributed by atoms with Gasteiger partial charge in [-0.05, 0) is 50.0 Å². The number of amides is 2. The van der Waals surface area contributed by atoms with Crippen molar-refractivity contribution in [3.05, 3.63) is 39.3 Å². The highest BCUT2D eigenvalue weighted by atomic mass is 79.9. The van der Waals surface area contributed by atoms with Gasteiger partial charge in [0, 0.05) is 46.9 Å². The van der Waals surface area contributed by atoms with E-state index >= 15 is 0 Å². The third-order valence-corrected chi connectivity index (χ3v) is 8.18. The summed E-state index contributed by atoms with van der Waals surface area (Å²) in [6, 6.07) is 5.94. The molecule has 3 aliphatic heterocycles. The monoisotopic (exact) mass is 563 g/mol. The second-order valence-electron chi connectivity index (χ2n) is 8.74. The molecule has 2 amide bonds. The average molecular weight is 565 g/mol. The Kier molecular flexibility index (Phi) is 7.41. The summed E-state index contributed by atoms with van der Waals surface area (Å²) in [6.45, 7) is 2.73. The topological polar surface area (TPSA) is 72.8 Å². The molecular formula is C24H26BrN3O4S2. The Morgan fingerprint density at radius 2 is 2.00 bits per heavy atom. The number of carbonyl (C=O) groups excluding carboxylic acids is 2. The molecule has 0 radical (unpaired) electrons. The zero-order chi connectivity index (χ0) is 23.7. The molecule has 1 aromatic heterocycles. The third-order valence-electron chi connectivity index (χ3n) is 6.31. The minimum absolute atomic E-state index is 0.0489. The summed E-state index contributed by atoms with van der Waals surface area (Å²) in [5.41, 5.74) is 1.80. The standard InChI is InChI=1S/C24H26BrN3O4S2/c25-16-5-6-20-19(10-16)15(12-27(20)14-22(29)26-11-17-3-1-7-31-17)9-21-23(30)28(24(33)34-21)13-18-4-2-8-32-18/h5-6,9-10,12,17-18H,1-4,7-8,11,13-14H2,(H,26,29)/b21-9-/t17-,18+/m1/s1. The van der Waals surface area contributed by atoms with Crippen molar-refractivity contribution >= 4 is 73.0 Å². The average Bonchev–Trinajstić information content (AvgIpc) is 3.60. The molecule has 5 rings (SSSR count). The summed E-state index contributed by atoms with van der Waals surface area (Å²) in [5.74, 6) is -0.152. The molecular weight excluding hydrogens is 538 g/mol. The molecule has 1 aromatic carbocycles. The number of ether oxygens (including phenoxy) is 2. The van der Waals surface area contributed by atoms with Crippen LogP contribution in [0.1, 0.15) is 31.2 Å². The minimum Gasteiger partial charge on any atom is -0.376 e. The fourth-order valence-electron chi connectivity index (χ4n) is 4.58. The highest BCUT2D eigenvalue weighted by Crippen LogP contribution is 2.35. The Balaban J connectivity index is 1.36. The number of rotatable bonds is 7. The Morgan fingerprint density at radius 3 is 2.74 bits per heavy atom. The fourth-order valence-corrected chi connectivity index (χ4v) is 6.20. The Bertz CT molecular complexity index is 1150. The lowest BCUT2D eigenvalue weighted by molar-refractivity contribution is -0.123. The van der Waals surface area contributed by atoms with E-state index in [0.717, 1.165) is 59.8 Å². The lowest BCUT2D eigenvalue weighted by Gasteiger charge is -2.18. The molecule has 3 aliphatic rings. The van der Waals surface area contributed by atoms with Crippen LogP contribution in [0.2, 0.25) is 0 Å². The first-order valence-electron chi connectivity index (χ1n) is 11.5. The molecule has 0 spiro atoms. The summed E-state index contributed by atoms with van der Waals surface area (Å²) in [7, 11) is 0. The fraction of sp³-hybridized carbons (Fsp3) is 0.458. The predicted octanol–water partition coefficient (Wildman–Crippen LogP) is 4.08. The van der Waals surface area contributed by atoms with E-state index in [0.29, 0.717) is 22.3 Å².